The normalized spacial score (nSPS) is 23.9. The highest BCUT2D eigenvalue weighted by molar-refractivity contribution is 5.79. The minimum Gasteiger partial charge on any atom is -0.353 e. The first-order valence-corrected chi connectivity index (χ1v) is 7.43. The number of amides is 1. The molecule has 0 bridgehead atoms. The average Bonchev–Trinajstić information content (AvgIpc) is 2.89. The topological polar surface area (TPSA) is 72.9 Å². The largest absolute Gasteiger partial charge is 0.353 e. The molecule has 3 N–H and O–H groups in total. The summed E-state index contributed by atoms with van der Waals surface area (Å²) in [5.41, 5.74) is 9.33. The van der Waals surface area contributed by atoms with E-state index in [1.54, 1.807) is 0 Å². The van der Waals surface area contributed by atoms with Crippen molar-refractivity contribution in [2.45, 2.75) is 58.5 Å². The summed E-state index contributed by atoms with van der Waals surface area (Å²) in [7, 11) is 1.95. The van der Waals surface area contributed by atoms with Gasteiger partial charge in [-0.2, -0.15) is 5.10 Å². The fourth-order valence-corrected chi connectivity index (χ4v) is 3.09. The lowest BCUT2D eigenvalue weighted by Crippen LogP contribution is -2.38. The van der Waals surface area contributed by atoms with E-state index in [0.717, 1.165) is 31.4 Å². The molecule has 1 aromatic rings. The van der Waals surface area contributed by atoms with Crippen LogP contribution in [0.2, 0.25) is 0 Å². The molecule has 0 spiro atoms. The smallest absolute Gasteiger partial charge is 0.223 e. The maximum absolute atomic E-state index is 12.2. The van der Waals surface area contributed by atoms with Gasteiger partial charge in [-0.15, -0.1) is 0 Å². The van der Waals surface area contributed by atoms with Crippen molar-refractivity contribution in [2.75, 3.05) is 0 Å². The van der Waals surface area contributed by atoms with Crippen LogP contribution in [0.25, 0.3) is 0 Å². The van der Waals surface area contributed by atoms with Crippen molar-refractivity contribution in [3.63, 3.8) is 0 Å². The predicted molar refractivity (Wildman–Crippen MR) is 79.3 cm³/mol. The average molecular weight is 278 g/mol. The summed E-state index contributed by atoms with van der Waals surface area (Å²) in [5.74, 6) is 0.258. The van der Waals surface area contributed by atoms with Gasteiger partial charge in [-0.3, -0.25) is 9.48 Å². The van der Waals surface area contributed by atoms with Crippen molar-refractivity contribution in [1.29, 1.82) is 0 Å². The van der Waals surface area contributed by atoms with E-state index in [1.165, 1.54) is 11.3 Å². The Morgan fingerprint density at radius 2 is 2.20 bits per heavy atom. The summed E-state index contributed by atoms with van der Waals surface area (Å²) in [5, 5.41) is 7.54. The van der Waals surface area contributed by atoms with Crippen molar-refractivity contribution in [3.05, 3.63) is 17.0 Å². The van der Waals surface area contributed by atoms with E-state index in [0.29, 0.717) is 0 Å². The van der Waals surface area contributed by atoms with E-state index in [4.69, 9.17) is 5.73 Å². The molecular formula is C15H26N4O. The molecule has 0 saturated heterocycles. The van der Waals surface area contributed by atoms with E-state index < -0.39 is 0 Å². The predicted octanol–water partition coefficient (Wildman–Crippen LogP) is 1.21. The van der Waals surface area contributed by atoms with Gasteiger partial charge in [0.15, 0.2) is 0 Å². The summed E-state index contributed by atoms with van der Waals surface area (Å²) in [6.45, 7) is 6.14. The molecule has 20 heavy (non-hydrogen) atoms. The Morgan fingerprint density at radius 3 is 2.70 bits per heavy atom. The molecule has 1 saturated carbocycles. The fraction of sp³-hybridized carbons (Fsp3) is 0.733. The van der Waals surface area contributed by atoms with Gasteiger partial charge in [-0.05, 0) is 52.0 Å². The molecule has 0 aromatic carbocycles. The first-order valence-electron chi connectivity index (χ1n) is 7.43. The first-order chi connectivity index (χ1) is 9.38. The third-order valence-corrected chi connectivity index (χ3v) is 4.40. The summed E-state index contributed by atoms with van der Waals surface area (Å²) >= 11 is 0. The molecule has 1 amide bonds. The monoisotopic (exact) mass is 278 g/mol. The van der Waals surface area contributed by atoms with Crippen LogP contribution in [0.5, 0.6) is 0 Å². The number of aromatic nitrogens is 2. The summed E-state index contributed by atoms with van der Waals surface area (Å²) in [6, 6.07) is 0.324. The molecule has 5 nitrogen and oxygen atoms in total. The number of nitrogens with two attached hydrogens (primary N) is 1. The Bertz CT molecular complexity index is 494. The van der Waals surface area contributed by atoms with Crippen LogP contribution < -0.4 is 11.1 Å². The number of carbonyl (C=O) groups excluding carboxylic acids is 1. The van der Waals surface area contributed by atoms with Crippen LogP contribution in [0.1, 0.15) is 43.1 Å². The number of hydrogen-bond acceptors (Lipinski definition) is 3. The van der Waals surface area contributed by atoms with Gasteiger partial charge in [-0.1, -0.05) is 0 Å². The molecule has 3 atom stereocenters. The zero-order valence-corrected chi connectivity index (χ0v) is 12.9. The second-order valence-corrected chi connectivity index (χ2v) is 6.16. The molecule has 0 radical (unpaired) electrons. The van der Waals surface area contributed by atoms with Gasteiger partial charge in [0.25, 0.3) is 0 Å². The maximum Gasteiger partial charge on any atom is 0.223 e. The van der Waals surface area contributed by atoms with Gasteiger partial charge in [0.2, 0.25) is 5.91 Å². The molecule has 3 unspecified atom stereocenters. The lowest BCUT2D eigenvalue weighted by Gasteiger charge is -2.17. The van der Waals surface area contributed by atoms with Crippen molar-refractivity contribution in [3.8, 4) is 0 Å². The molecule has 5 heteroatoms. The number of nitrogens with zero attached hydrogens (tertiary/aromatic N) is 2. The Morgan fingerprint density at radius 1 is 1.50 bits per heavy atom. The van der Waals surface area contributed by atoms with Crippen LogP contribution in [0.15, 0.2) is 0 Å². The number of nitrogens with one attached hydrogen (secondary N) is 1. The zero-order chi connectivity index (χ0) is 14.9. The molecular weight excluding hydrogens is 252 g/mol. The van der Waals surface area contributed by atoms with Gasteiger partial charge >= 0.3 is 0 Å². The van der Waals surface area contributed by atoms with Gasteiger partial charge < -0.3 is 11.1 Å². The van der Waals surface area contributed by atoms with Crippen molar-refractivity contribution in [2.24, 2.45) is 18.7 Å². The highest BCUT2D eigenvalue weighted by atomic mass is 16.1. The zero-order valence-electron chi connectivity index (χ0n) is 12.9. The van der Waals surface area contributed by atoms with Crippen LogP contribution in [0.3, 0.4) is 0 Å². The third kappa shape index (κ3) is 3.20. The first kappa shape index (κ1) is 15.0. The van der Waals surface area contributed by atoms with Crippen LogP contribution in [0, 0.1) is 19.8 Å². The fourth-order valence-electron chi connectivity index (χ4n) is 3.09. The minimum atomic E-state index is 0.101. The van der Waals surface area contributed by atoms with E-state index in [9.17, 15) is 4.79 Å². The van der Waals surface area contributed by atoms with Crippen LogP contribution >= 0.6 is 0 Å². The lowest BCUT2D eigenvalue weighted by molar-refractivity contribution is -0.125. The summed E-state index contributed by atoms with van der Waals surface area (Å²) in [6.07, 6.45) is 3.54. The van der Waals surface area contributed by atoms with Crippen molar-refractivity contribution in [1.82, 2.24) is 15.1 Å². The lowest BCUT2D eigenvalue weighted by atomic mass is 10.0. The highest BCUT2D eigenvalue weighted by Crippen LogP contribution is 2.24. The van der Waals surface area contributed by atoms with Gasteiger partial charge in [0.05, 0.1) is 5.69 Å². The number of rotatable bonds is 4. The molecule has 1 aliphatic carbocycles. The Hall–Kier alpha value is -1.36. The third-order valence-electron chi connectivity index (χ3n) is 4.40. The molecule has 1 fully saturated rings. The minimum absolute atomic E-state index is 0.101. The van der Waals surface area contributed by atoms with E-state index in [-0.39, 0.29) is 23.9 Å². The number of hydrogen-bond donors (Lipinski definition) is 2. The number of carbonyl (C=O) groups is 1. The molecule has 2 rings (SSSR count). The summed E-state index contributed by atoms with van der Waals surface area (Å²) in [4.78, 5) is 12.2. The van der Waals surface area contributed by atoms with E-state index in [1.807, 2.05) is 18.7 Å². The van der Waals surface area contributed by atoms with Crippen LogP contribution in [-0.2, 0) is 18.3 Å². The van der Waals surface area contributed by atoms with E-state index >= 15 is 0 Å². The molecule has 1 aliphatic rings. The summed E-state index contributed by atoms with van der Waals surface area (Å²) < 4.78 is 1.90. The molecule has 1 aromatic heterocycles. The van der Waals surface area contributed by atoms with Crippen molar-refractivity contribution >= 4 is 5.91 Å². The standard InChI is InChI=1S/C15H26N4O/c1-9(7-14-10(2)18-19(4)11(14)3)17-15(20)12-5-6-13(16)8-12/h9,12-13H,5-8,16H2,1-4H3,(H,17,20). The molecule has 0 aliphatic heterocycles. The van der Waals surface area contributed by atoms with Gasteiger partial charge in [0, 0.05) is 30.7 Å². The van der Waals surface area contributed by atoms with Crippen LogP contribution in [-0.4, -0.2) is 27.8 Å². The Kier molecular flexibility index (Phi) is 4.48. The maximum atomic E-state index is 12.2. The van der Waals surface area contributed by atoms with Gasteiger partial charge in [0.1, 0.15) is 0 Å². The Labute approximate surface area is 120 Å². The quantitative estimate of drug-likeness (QED) is 0.869. The SMILES string of the molecule is Cc1nn(C)c(C)c1CC(C)NC(=O)C1CCC(N)C1. The van der Waals surface area contributed by atoms with Crippen molar-refractivity contribution < 1.29 is 4.79 Å². The second-order valence-electron chi connectivity index (χ2n) is 6.16. The molecule has 112 valence electrons. The Balaban J connectivity index is 1.92. The number of aryl methyl sites for hydroxylation is 2. The van der Waals surface area contributed by atoms with Crippen LogP contribution in [0.4, 0.5) is 0 Å². The molecule has 1 heterocycles. The highest BCUT2D eigenvalue weighted by Gasteiger charge is 2.28. The van der Waals surface area contributed by atoms with E-state index in [2.05, 4.69) is 24.3 Å². The van der Waals surface area contributed by atoms with Gasteiger partial charge in [-0.25, -0.2) is 0 Å². The second kappa shape index (κ2) is 5.95.